The molecule has 1 aromatic heterocycles. The molecule has 0 saturated heterocycles. The number of hydrogen-bond acceptors (Lipinski definition) is 1. The Morgan fingerprint density at radius 3 is 2.38 bits per heavy atom. The van der Waals surface area contributed by atoms with E-state index in [1.54, 1.807) is 5.56 Å². The summed E-state index contributed by atoms with van der Waals surface area (Å²) in [7, 11) is 0. The average Bonchev–Trinajstić information content (AvgIpc) is 2.70. The van der Waals surface area contributed by atoms with Gasteiger partial charge in [-0.05, 0) is 55.1 Å². The van der Waals surface area contributed by atoms with Crippen LogP contribution in [-0.4, -0.2) is 4.98 Å². The molecule has 0 saturated carbocycles. The lowest BCUT2D eigenvalue weighted by atomic mass is 9.74. The molecule has 0 spiro atoms. The van der Waals surface area contributed by atoms with Crippen molar-refractivity contribution in [2.45, 2.75) is 116 Å². The summed E-state index contributed by atoms with van der Waals surface area (Å²) in [6.07, 6.45) is 20.8. The van der Waals surface area contributed by atoms with Gasteiger partial charge in [0.05, 0.1) is 0 Å². The lowest BCUT2D eigenvalue weighted by Crippen LogP contribution is -2.23. The molecular weight excluding hydrogens is 290 g/mol. The number of rotatable bonds is 8. The number of aromatic nitrogens is 1. The summed E-state index contributed by atoms with van der Waals surface area (Å²) >= 11 is 0. The van der Waals surface area contributed by atoms with Gasteiger partial charge >= 0.3 is 0 Å². The Balaban J connectivity index is 2.16. The van der Waals surface area contributed by atoms with Crippen LogP contribution in [0.3, 0.4) is 0 Å². The number of aryl methyl sites for hydroxylation is 2. The van der Waals surface area contributed by atoms with Crippen molar-refractivity contribution in [2.75, 3.05) is 0 Å². The molecule has 0 radical (unpaired) electrons. The normalized spacial score (nSPS) is 18.1. The first kappa shape index (κ1) is 19.5. The monoisotopic (exact) mass is 329 g/mol. The average molecular weight is 330 g/mol. The number of unbranched alkanes of at least 4 members (excludes halogenated alkanes) is 3. The quantitative estimate of drug-likeness (QED) is 0.461. The van der Waals surface area contributed by atoms with Crippen LogP contribution in [0, 0.1) is 0 Å². The maximum atomic E-state index is 4.96. The largest absolute Gasteiger partial charge is 0.261 e. The Labute approximate surface area is 150 Å². The summed E-state index contributed by atoms with van der Waals surface area (Å²) in [5.74, 6) is 0. The molecule has 1 aromatic rings. The Bertz CT molecular complexity index is 479. The smallest absolute Gasteiger partial charge is 0.0435 e. The van der Waals surface area contributed by atoms with Gasteiger partial charge in [-0.2, -0.15) is 0 Å². The highest BCUT2D eigenvalue weighted by Crippen LogP contribution is 2.35. The molecule has 1 heteroatoms. The van der Waals surface area contributed by atoms with Crippen LogP contribution in [0.15, 0.2) is 12.3 Å². The van der Waals surface area contributed by atoms with Gasteiger partial charge < -0.3 is 0 Å². The predicted molar refractivity (Wildman–Crippen MR) is 106 cm³/mol. The minimum absolute atomic E-state index is 0.322. The van der Waals surface area contributed by atoms with Crippen LogP contribution in [0.1, 0.15) is 115 Å². The summed E-state index contributed by atoms with van der Waals surface area (Å²) < 4.78 is 0. The summed E-state index contributed by atoms with van der Waals surface area (Å²) in [4.78, 5) is 4.96. The van der Waals surface area contributed by atoms with Crippen LogP contribution in [0.4, 0.5) is 0 Å². The molecule has 136 valence electrons. The first-order valence-electron chi connectivity index (χ1n) is 10.7. The van der Waals surface area contributed by atoms with Gasteiger partial charge in [0.15, 0.2) is 0 Å². The fourth-order valence-corrected chi connectivity index (χ4v) is 4.36. The number of nitrogens with zero attached hydrogens (tertiary/aromatic N) is 1. The molecule has 2 rings (SSSR count). The SMILES string of the molecule is CCCCCCC(C)(CCC)c1cnc2c(c1)CCCCCCC2. The molecule has 0 amide bonds. The zero-order chi connectivity index (χ0) is 17.3. The summed E-state index contributed by atoms with van der Waals surface area (Å²) in [5, 5.41) is 0. The van der Waals surface area contributed by atoms with E-state index in [1.807, 2.05) is 0 Å². The van der Waals surface area contributed by atoms with Crippen LogP contribution in [0.25, 0.3) is 0 Å². The van der Waals surface area contributed by atoms with Crippen LogP contribution in [-0.2, 0) is 18.3 Å². The molecule has 0 N–H and O–H groups in total. The Hall–Kier alpha value is -0.850. The van der Waals surface area contributed by atoms with Crippen molar-refractivity contribution in [1.29, 1.82) is 0 Å². The van der Waals surface area contributed by atoms with E-state index >= 15 is 0 Å². The zero-order valence-electron chi connectivity index (χ0n) is 16.5. The van der Waals surface area contributed by atoms with E-state index in [0.717, 1.165) is 0 Å². The maximum Gasteiger partial charge on any atom is 0.0435 e. The minimum atomic E-state index is 0.322. The van der Waals surface area contributed by atoms with E-state index in [-0.39, 0.29) is 0 Å². The molecule has 1 nitrogen and oxygen atoms in total. The molecule has 24 heavy (non-hydrogen) atoms. The van der Waals surface area contributed by atoms with Gasteiger partial charge in [0.1, 0.15) is 0 Å². The Morgan fingerprint density at radius 2 is 1.62 bits per heavy atom. The number of pyridine rings is 1. The standard InChI is InChI=1S/C23H39N/c1-4-6-7-13-17-23(3,16-5-2)21-18-20-14-11-9-8-10-12-15-22(20)24-19-21/h18-19H,4-17H2,1-3H3. The highest BCUT2D eigenvalue weighted by atomic mass is 14.7. The van der Waals surface area contributed by atoms with E-state index < -0.39 is 0 Å². The van der Waals surface area contributed by atoms with Gasteiger partial charge in [-0.3, -0.25) is 4.98 Å². The predicted octanol–water partition coefficient (Wildman–Crippen LogP) is 7.16. The first-order valence-corrected chi connectivity index (χ1v) is 10.7. The molecule has 1 heterocycles. The third-order valence-corrected chi connectivity index (χ3v) is 6.00. The molecule has 0 bridgehead atoms. The zero-order valence-corrected chi connectivity index (χ0v) is 16.5. The fraction of sp³-hybridized carbons (Fsp3) is 0.783. The minimum Gasteiger partial charge on any atom is -0.261 e. The van der Waals surface area contributed by atoms with E-state index in [0.29, 0.717) is 5.41 Å². The molecule has 0 aromatic carbocycles. The van der Waals surface area contributed by atoms with Crippen LogP contribution in [0.5, 0.6) is 0 Å². The van der Waals surface area contributed by atoms with Gasteiger partial charge in [-0.15, -0.1) is 0 Å². The maximum absolute atomic E-state index is 4.96. The van der Waals surface area contributed by atoms with Crippen molar-refractivity contribution < 1.29 is 0 Å². The second-order valence-electron chi connectivity index (χ2n) is 8.22. The van der Waals surface area contributed by atoms with Gasteiger partial charge in [0.25, 0.3) is 0 Å². The molecule has 0 fully saturated rings. The second-order valence-corrected chi connectivity index (χ2v) is 8.22. The van der Waals surface area contributed by atoms with Gasteiger partial charge in [0, 0.05) is 11.9 Å². The van der Waals surface area contributed by atoms with Crippen molar-refractivity contribution in [2.24, 2.45) is 0 Å². The molecule has 1 aliphatic carbocycles. The number of fused-ring (bicyclic) bond motifs is 1. The molecule has 0 aliphatic heterocycles. The van der Waals surface area contributed by atoms with E-state index in [4.69, 9.17) is 4.98 Å². The van der Waals surface area contributed by atoms with Crippen LogP contribution >= 0.6 is 0 Å². The van der Waals surface area contributed by atoms with Crippen molar-refractivity contribution in [3.8, 4) is 0 Å². The lowest BCUT2D eigenvalue weighted by molar-refractivity contribution is 0.375. The molecule has 1 atom stereocenters. The summed E-state index contributed by atoms with van der Waals surface area (Å²) in [6, 6.07) is 2.54. The Morgan fingerprint density at radius 1 is 0.875 bits per heavy atom. The summed E-state index contributed by atoms with van der Waals surface area (Å²) in [6.45, 7) is 7.11. The molecular formula is C23H39N. The number of hydrogen-bond donors (Lipinski definition) is 0. The summed E-state index contributed by atoms with van der Waals surface area (Å²) in [5.41, 5.74) is 4.79. The topological polar surface area (TPSA) is 12.9 Å². The lowest BCUT2D eigenvalue weighted by Gasteiger charge is -2.31. The highest BCUT2D eigenvalue weighted by molar-refractivity contribution is 5.31. The van der Waals surface area contributed by atoms with E-state index in [1.165, 1.54) is 101 Å². The third kappa shape index (κ3) is 5.60. The Kier molecular flexibility index (Phi) is 8.29. The van der Waals surface area contributed by atoms with E-state index in [2.05, 4.69) is 33.0 Å². The van der Waals surface area contributed by atoms with Crippen LogP contribution in [0.2, 0.25) is 0 Å². The first-order chi connectivity index (χ1) is 11.7. The van der Waals surface area contributed by atoms with Crippen LogP contribution < -0.4 is 0 Å². The highest BCUT2D eigenvalue weighted by Gasteiger charge is 2.26. The second kappa shape index (κ2) is 10.2. The van der Waals surface area contributed by atoms with Crippen molar-refractivity contribution >= 4 is 0 Å². The van der Waals surface area contributed by atoms with Crippen molar-refractivity contribution in [1.82, 2.24) is 4.98 Å². The van der Waals surface area contributed by atoms with Crippen molar-refractivity contribution in [3.05, 3.63) is 29.1 Å². The third-order valence-electron chi connectivity index (χ3n) is 6.00. The van der Waals surface area contributed by atoms with Gasteiger partial charge in [0.2, 0.25) is 0 Å². The van der Waals surface area contributed by atoms with Gasteiger partial charge in [-0.25, -0.2) is 0 Å². The van der Waals surface area contributed by atoms with Gasteiger partial charge in [-0.1, -0.05) is 78.2 Å². The molecule has 1 unspecified atom stereocenters. The fourth-order valence-electron chi connectivity index (χ4n) is 4.36. The van der Waals surface area contributed by atoms with Crippen molar-refractivity contribution in [3.63, 3.8) is 0 Å². The molecule has 1 aliphatic rings. The van der Waals surface area contributed by atoms with E-state index in [9.17, 15) is 0 Å².